The number of benzene rings is 1. The van der Waals surface area contributed by atoms with Crippen LogP contribution in [0.4, 0.5) is 0 Å². The third kappa shape index (κ3) is 6.14. The molecule has 5 nitrogen and oxygen atoms in total. The highest BCUT2D eigenvalue weighted by molar-refractivity contribution is 7.16. The first-order valence-electron chi connectivity index (χ1n) is 8.06. The molecule has 0 fully saturated rings. The number of aliphatic imine (C=N–C) groups is 1. The smallest absolute Gasteiger partial charge is 0.190 e. The summed E-state index contributed by atoms with van der Waals surface area (Å²) < 4.78 is 11.4. The summed E-state index contributed by atoms with van der Waals surface area (Å²) >= 11 is 7.55. The minimum Gasteiger partial charge on any atom is -0.493 e. The first-order valence-corrected chi connectivity index (χ1v) is 9.25. The number of hydrogen-bond donors (Lipinski definition) is 2. The van der Waals surface area contributed by atoms with E-state index in [9.17, 15) is 0 Å². The number of nitrogens with one attached hydrogen (secondary N) is 2. The van der Waals surface area contributed by atoms with Gasteiger partial charge in [-0.15, -0.1) is 11.3 Å². The number of halogens is 1. The average Bonchev–Trinajstić information content (AvgIpc) is 3.05. The van der Waals surface area contributed by atoms with Crippen molar-refractivity contribution in [1.29, 1.82) is 0 Å². The summed E-state index contributed by atoms with van der Waals surface area (Å²) in [6.07, 6.45) is 1.79. The Hall–Kier alpha value is -1.92. The fourth-order valence-electron chi connectivity index (χ4n) is 2.37. The van der Waals surface area contributed by atoms with Crippen molar-refractivity contribution in [3.8, 4) is 11.5 Å². The number of thiophene rings is 1. The second-order valence-corrected chi connectivity index (χ2v) is 7.12. The van der Waals surface area contributed by atoms with Crippen molar-refractivity contribution in [2.24, 2.45) is 4.99 Å². The van der Waals surface area contributed by atoms with Crippen molar-refractivity contribution >= 4 is 28.9 Å². The molecule has 0 amide bonds. The van der Waals surface area contributed by atoms with Crippen molar-refractivity contribution in [3.05, 3.63) is 45.1 Å². The molecule has 2 N–H and O–H groups in total. The highest BCUT2D eigenvalue weighted by atomic mass is 35.5. The molecule has 1 aromatic heterocycles. The molecule has 1 aromatic carbocycles. The van der Waals surface area contributed by atoms with Gasteiger partial charge in [-0.2, -0.15) is 0 Å². The summed E-state index contributed by atoms with van der Waals surface area (Å²) in [5.74, 6) is 2.28. The van der Waals surface area contributed by atoms with Crippen LogP contribution in [0.2, 0.25) is 4.34 Å². The molecule has 25 heavy (non-hydrogen) atoms. The van der Waals surface area contributed by atoms with E-state index in [0.717, 1.165) is 47.7 Å². The zero-order chi connectivity index (χ0) is 18.1. The zero-order valence-electron chi connectivity index (χ0n) is 14.8. The summed E-state index contributed by atoms with van der Waals surface area (Å²) in [7, 11) is 5.05. The van der Waals surface area contributed by atoms with Crippen LogP contribution in [-0.2, 0) is 12.8 Å². The molecule has 0 saturated heterocycles. The summed E-state index contributed by atoms with van der Waals surface area (Å²) in [4.78, 5) is 5.51. The van der Waals surface area contributed by atoms with Crippen molar-refractivity contribution in [3.63, 3.8) is 0 Å². The van der Waals surface area contributed by atoms with Gasteiger partial charge in [0.15, 0.2) is 17.5 Å². The number of hydrogen-bond acceptors (Lipinski definition) is 4. The Bertz CT molecular complexity index is 703. The fraction of sp³-hybridized carbons (Fsp3) is 0.389. The van der Waals surface area contributed by atoms with E-state index in [1.54, 1.807) is 32.6 Å². The molecular weight excluding hydrogens is 358 g/mol. The molecule has 0 unspecified atom stereocenters. The Kier molecular flexibility index (Phi) is 7.88. The molecule has 0 radical (unpaired) electrons. The van der Waals surface area contributed by atoms with Gasteiger partial charge in [0, 0.05) is 25.0 Å². The van der Waals surface area contributed by atoms with Gasteiger partial charge in [0.05, 0.1) is 18.6 Å². The van der Waals surface area contributed by atoms with Crippen LogP contribution in [0.3, 0.4) is 0 Å². The van der Waals surface area contributed by atoms with Gasteiger partial charge in [0.1, 0.15) is 0 Å². The molecule has 1 heterocycles. The maximum Gasteiger partial charge on any atom is 0.190 e. The van der Waals surface area contributed by atoms with E-state index in [1.165, 1.54) is 10.4 Å². The number of methoxy groups -OCH3 is 2. The molecule has 2 rings (SSSR count). The Morgan fingerprint density at radius 2 is 1.76 bits per heavy atom. The predicted molar refractivity (Wildman–Crippen MR) is 106 cm³/mol. The van der Waals surface area contributed by atoms with Crippen molar-refractivity contribution in [2.45, 2.75) is 12.8 Å². The second-order valence-electron chi connectivity index (χ2n) is 5.32. The Morgan fingerprint density at radius 3 is 2.36 bits per heavy atom. The Balaban J connectivity index is 1.75. The van der Waals surface area contributed by atoms with Gasteiger partial charge in [-0.05, 0) is 42.7 Å². The minimum absolute atomic E-state index is 0.741. The average molecular weight is 382 g/mol. The van der Waals surface area contributed by atoms with E-state index in [-0.39, 0.29) is 0 Å². The largest absolute Gasteiger partial charge is 0.493 e. The SMILES string of the molecule is CN=C(NCCc1ccc(OC)c(OC)c1)NCCc1ccc(Cl)s1. The Morgan fingerprint density at radius 1 is 1.04 bits per heavy atom. The molecule has 0 aliphatic rings. The highest BCUT2D eigenvalue weighted by Gasteiger charge is 2.05. The summed E-state index contributed by atoms with van der Waals surface area (Å²) in [6, 6.07) is 9.95. The molecule has 2 aromatic rings. The molecule has 0 aliphatic carbocycles. The van der Waals surface area contributed by atoms with Crippen molar-refractivity contribution < 1.29 is 9.47 Å². The fourth-order valence-corrected chi connectivity index (χ4v) is 3.46. The number of rotatable bonds is 8. The first-order chi connectivity index (χ1) is 12.2. The number of nitrogens with zero attached hydrogens (tertiary/aromatic N) is 1. The quantitative estimate of drug-likeness (QED) is 0.543. The van der Waals surface area contributed by atoms with Crippen LogP contribution in [0.25, 0.3) is 0 Å². The molecule has 136 valence electrons. The predicted octanol–water partition coefficient (Wildman–Crippen LogP) is 3.37. The van der Waals surface area contributed by atoms with Crippen LogP contribution in [0, 0.1) is 0 Å². The van der Waals surface area contributed by atoms with Gasteiger partial charge < -0.3 is 20.1 Å². The van der Waals surface area contributed by atoms with E-state index in [2.05, 4.69) is 21.7 Å². The van der Waals surface area contributed by atoms with Gasteiger partial charge in [0.25, 0.3) is 0 Å². The van der Waals surface area contributed by atoms with Gasteiger partial charge in [-0.3, -0.25) is 4.99 Å². The van der Waals surface area contributed by atoms with Crippen LogP contribution in [0.15, 0.2) is 35.3 Å². The first kappa shape index (κ1) is 19.4. The summed E-state index contributed by atoms with van der Waals surface area (Å²) in [5, 5.41) is 6.63. The Labute approximate surface area is 158 Å². The van der Waals surface area contributed by atoms with Gasteiger partial charge in [-0.25, -0.2) is 0 Å². The lowest BCUT2D eigenvalue weighted by Gasteiger charge is -2.12. The lowest BCUT2D eigenvalue weighted by atomic mass is 10.1. The summed E-state index contributed by atoms with van der Waals surface area (Å²) in [6.45, 7) is 1.59. The van der Waals surface area contributed by atoms with E-state index in [1.807, 2.05) is 24.3 Å². The van der Waals surface area contributed by atoms with E-state index in [0.29, 0.717) is 0 Å². The van der Waals surface area contributed by atoms with Crippen molar-refractivity contribution in [1.82, 2.24) is 10.6 Å². The van der Waals surface area contributed by atoms with Gasteiger partial charge in [-0.1, -0.05) is 17.7 Å². The number of guanidine groups is 1. The van der Waals surface area contributed by atoms with Gasteiger partial charge >= 0.3 is 0 Å². The van der Waals surface area contributed by atoms with Crippen molar-refractivity contribution in [2.75, 3.05) is 34.4 Å². The monoisotopic (exact) mass is 381 g/mol. The van der Waals surface area contributed by atoms with Crippen LogP contribution >= 0.6 is 22.9 Å². The highest BCUT2D eigenvalue weighted by Crippen LogP contribution is 2.27. The third-order valence-corrected chi connectivity index (χ3v) is 4.96. The van der Waals surface area contributed by atoms with Gasteiger partial charge in [0.2, 0.25) is 0 Å². The molecule has 0 atom stereocenters. The van der Waals surface area contributed by atoms with Crippen LogP contribution < -0.4 is 20.1 Å². The number of ether oxygens (including phenoxy) is 2. The standard InChI is InChI=1S/C18H24ClN3O2S/c1-20-18(22-11-9-14-5-7-17(19)25-14)21-10-8-13-4-6-15(23-2)16(12-13)24-3/h4-7,12H,8-11H2,1-3H3,(H2,20,21,22). The van der Waals surface area contributed by atoms with Crippen LogP contribution in [-0.4, -0.2) is 40.3 Å². The maximum absolute atomic E-state index is 5.94. The topological polar surface area (TPSA) is 54.9 Å². The summed E-state index contributed by atoms with van der Waals surface area (Å²) in [5.41, 5.74) is 1.17. The molecule has 0 bridgehead atoms. The maximum atomic E-state index is 5.94. The van der Waals surface area contributed by atoms with E-state index in [4.69, 9.17) is 21.1 Å². The molecule has 7 heteroatoms. The minimum atomic E-state index is 0.741. The van der Waals surface area contributed by atoms with E-state index >= 15 is 0 Å². The molecule has 0 saturated carbocycles. The molecule has 0 aliphatic heterocycles. The second kappa shape index (κ2) is 10.2. The van der Waals surface area contributed by atoms with Crippen LogP contribution in [0.1, 0.15) is 10.4 Å². The lowest BCUT2D eigenvalue weighted by molar-refractivity contribution is 0.354. The molecular formula is C18H24ClN3O2S. The lowest BCUT2D eigenvalue weighted by Crippen LogP contribution is -2.39. The normalized spacial score (nSPS) is 11.3. The van der Waals surface area contributed by atoms with E-state index < -0.39 is 0 Å². The zero-order valence-corrected chi connectivity index (χ0v) is 16.3. The third-order valence-electron chi connectivity index (χ3n) is 3.67. The molecule has 0 spiro atoms. The van der Waals surface area contributed by atoms with Crippen LogP contribution in [0.5, 0.6) is 11.5 Å².